The molecule has 0 radical (unpaired) electrons. The van der Waals surface area contributed by atoms with E-state index in [1.807, 2.05) is 12.1 Å². The first kappa shape index (κ1) is 15.4. The van der Waals surface area contributed by atoms with Crippen LogP contribution in [0.15, 0.2) is 18.2 Å². The molecule has 0 aliphatic carbocycles. The number of rotatable bonds is 8. The summed E-state index contributed by atoms with van der Waals surface area (Å²) in [7, 11) is 0. The SMILES string of the molecule is CCCCCCCC(C)Nc1ccc(Cl)cc1C. The molecule has 102 valence electrons. The molecule has 0 bridgehead atoms. The number of unbranched alkanes of at least 4 members (excludes halogenated alkanes) is 4. The molecule has 0 saturated carbocycles. The highest BCUT2D eigenvalue weighted by atomic mass is 35.5. The Hall–Kier alpha value is -0.690. The van der Waals surface area contributed by atoms with Gasteiger partial charge in [-0.25, -0.2) is 0 Å². The first-order chi connectivity index (χ1) is 8.63. The molecule has 1 unspecified atom stereocenters. The fraction of sp³-hybridized carbons (Fsp3) is 0.625. The molecule has 1 N–H and O–H groups in total. The van der Waals surface area contributed by atoms with Crippen LogP contribution in [0.3, 0.4) is 0 Å². The molecule has 1 nitrogen and oxygen atoms in total. The van der Waals surface area contributed by atoms with Crippen molar-refractivity contribution < 1.29 is 0 Å². The number of nitrogens with one attached hydrogen (secondary N) is 1. The molecule has 1 rings (SSSR count). The minimum atomic E-state index is 0.534. The van der Waals surface area contributed by atoms with Gasteiger partial charge in [-0.05, 0) is 44.0 Å². The van der Waals surface area contributed by atoms with Gasteiger partial charge in [0.25, 0.3) is 0 Å². The largest absolute Gasteiger partial charge is 0.382 e. The molecular formula is C16H26ClN. The lowest BCUT2D eigenvalue weighted by atomic mass is 10.1. The highest BCUT2D eigenvalue weighted by Crippen LogP contribution is 2.21. The maximum absolute atomic E-state index is 5.96. The summed E-state index contributed by atoms with van der Waals surface area (Å²) in [5.74, 6) is 0. The molecule has 2 heteroatoms. The van der Waals surface area contributed by atoms with Crippen molar-refractivity contribution in [1.82, 2.24) is 0 Å². The van der Waals surface area contributed by atoms with E-state index in [9.17, 15) is 0 Å². The van der Waals surface area contributed by atoms with Crippen molar-refractivity contribution in [1.29, 1.82) is 0 Å². The first-order valence-electron chi connectivity index (χ1n) is 7.16. The fourth-order valence-electron chi connectivity index (χ4n) is 2.18. The minimum absolute atomic E-state index is 0.534. The number of hydrogen-bond donors (Lipinski definition) is 1. The lowest BCUT2D eigenvalue weighted by Gasteiger charge is -2.17. The monoisotopic (exact) mass is 267 g/mol. The Morgan fingerprint density at radius 2 is 1.89 bits per heavy atom. The van der Waals surface area contributed by atoms with Crippen LogP contribution in [-0.4, -0.2) is 6.04 Å². The van der Waals surface area contributed by atoms with Crippen molar-refractivity contribution in [3.63, 3.8) is 0 Å². The van der Waals surface area contributed by atoms with E-state index in [1.54, 1.807) is 0 Å². The summed E-state index contributed by atoms with van der Waals surface area (Å²) in [5.41, 5.74) is 2.43. The topological polar surface area (TPSA) is 12.0 Å². The highest BCUT2D eigenvalue weighted by molar-refractivity contribution is 6.30. The van der Waals surface area contributed by atoms with E-state index in [0.717, 1.165) is 5.02 Å². The van der Waals surface area contributed by atoms with E-state index < -0.39 is 0 Å². The van der Waals surface area contributed by atoms with E-state index in [2.05, 4.69) is 32.2 Å². The highest BCUT2D eigenvalue weighted by Gasteiger charge is 2.04. The van der Waals surface area contributed by atoms with Gasteiger partial charge in [0.2, 0.25) is 0 Å². The van der Waals surface area contributed by atoms with E-state index in [0.29, 0.717) is 6.04 Å². The molecule has 0 saturated heterocycles. The molecule has 0 amide bonds. The summed E-state index contributed by atoms with van der Waals surface area (Å²) < 4.78 is 0. The molecule has 1 atom stereocenters. The average Bonchev–Trinajstić information content (AvgIpc) is 2.32. The van der Waals surface area contributed by atoms with Crippen LogP contribution in [0.2, 0.25) is 5.02 Å². The van der Waals surface area contributed by atoms with Gasteiger partial charge < -0.3 is 5.32 Å². The second kappa shape index (κ2) is 8.42. The Bertz CT molecular complexity index is 349. The van der Waals surface area contributed by atoms with Crippen LogP contribution in [-0.2, 0) is 0 Å². The van der Waals surface area contributed by atoms with Crippen LogP contribution in [0.25, 0.3) is 0 Å². The van der Waals surface area contributed by atoms with Gasteiger partial charge in [-0.3, -0.25) is 0 Å². The van der Waals surface area contributed by atoms with Crippen molar-refractivity contribution in [3.8, 4) is 0 Å². The van der Waals surface area contributed by atoms with Gasteiger partial charge in [0.05, 0.1) is 0 Å². The molecule has 0 fully saturated rings. The van der Waals surface area contributed by atoms with Crippen molar-refractivity contribution in [2.45, 2.75) is 65.3 Å². The number of anilines is 1. The van der Waals surface area contributed by atoms with Gasteiger partial charge >= 0.3 is 0 Å². The zero-order chi connectivity index (χ0) is 13.4. The number of benzene rings is 1. The lowest BCUT2D eigenvalue weighted by molar-refractivity contribution is 0.578. The third kappa shape index (κ3) is 5.77. The standard InChI is InChI=1S/C16H26ClN/c1-4-5-6-7-8-9-14(3)18-16-11-10-15(17)12-13(16)2/h10-12,14,18H,4-9H2,1-3H3. The Morgan fingerprint density at radius 1 is 1.17 bits per heavy atom. The molecule has 1 aromatic rings. The second-order valence-electron chi connectivity index (χ2n) is 5.21. The number of aryl methyl sites for hydroxylation is 1. The van der Waals surface area contributed by atoms with Gasteiger partial charge in [0.1, 0.15) is 0 Å². The summed E-state index contributed by atoms with van der Waals surface area (Å²) in [6, 6.07) is 6.57. The maximum atomic E-state index is 5.96. The molecule has 1 aromatic carbocycles. The zero-order valence-electron chi connectivity index (χ0n) is 11.9. The van der Waals surface area contributed by atoms with Gasteiger partial charge in [0.15, 0.2) is 0 Å². The third-order valence-electron chi connectivity index (χ3n) is 3.33. The average molecular weight is 268 g/mol. The Morgan fingerprint density at radius 3 is 2.56 bits per heavy atom. The van der Waals surface area contributed by atoms with Gasteiger partial charge in [0, 0.05) is 16.8 Å². The Labute approximate surface area is 117 Å². The number of halogens is 1. The van der Waals surface area contributed by atoms with Crippen LogP contribution in [0.5, 0.6) is 0 Å². The summed E-state index contributed by atoms with van der Waals surface area (Å²) >= 11 is 5.96. The van der Waals surface area contributed by atoms with E-state index in [-0.39, 0.29) is 0 Å². The van der Waals surface area contributed by atoms with Gasteiger partial charge in [-0.2, -0.15) is 0 Å². The van der Waals surface area contributed by atoms with Crippen LogP contribution in [0, 0.1) is 6.92 Å². The Balaban J connectivity index is 2.28. The molecular weight excluding hydrogens is 242 g/mol. The van der Waals surface area contributed by atoms with E-state index in [4.69, 9.17) is 11.6 Å². The summed E-state index contributed by atoms with van der Waals surface area (Å²) in [6.45, 7) is 6.61. The summed E-state index contributed by atoms with van der Waals surface area (Å²) in [4.78, 5) is 0. The molecule has 0 spiro atoms. The fourth-order valence-corrected chi connectivity index (χ4v) is 2.41. The molecule has 0 aliphatic heterocycles. The lowest BCUT2D eigenvalue weighted by Crippen LogP contribution is -2.15. The molecule has 18 heavy (non-hydrogen) atoms. The van der Waals surface area contributed by atoms with Crippen LogP contribution >= 0.6 is 11.6 Å². The third-order valence-corrected chi connectivity index (χ3v) is 3.57. The first-order valence-corrected chi connectivity index (χ1v) is 7.54. The second-order valence-corrected chi connectivity index (χ2v) is 5.64. The van der Waals surface area contributed by atoms with Crippen molar-refractivity contribution in [2.24, 2.45) is 0 Å². The van der Waals surface area contributed by atoms with E-state index >= 15 is 0 Å². The predicted molar refractivity (Wildman–Crippen MR) is 82.6 cm³/mol. The van der Waals surface area contributed by atoms with Crippen LogP contribution in [0.1, 0.15) is 57.9 Å². The quantitative estimate of drug-likeness (QED) is 0.586. The van der Waals surface area contributed by atoms with Crippen molar-refractivity contribution in [3.05, 3.63) is 28.8 Å². The zero-order valence-corrected chi connectivity index (χ0v) is 12.7. The molecule has 0 heterocycles. The summed E-state index contributed by atoms with van der Waals surface area (Å²) in [6.07, 6.45) is 7.99. The van der Waals surface area contributed by atoms with Crippen molar-refractivity contribution in [2.75, 3.05) is 5.32 Å². The minimum Gasteiger partial charge on any atom is -0.382 e. The smallest absolute Gasteiger partial charge is 0.0410 e. The summed E-state index contributed by atoms with van der Waals surface area (Å²) in [5, 5.41) is 4.38. The van der Waals surface area contributed by atoms with Gasteiger partial charge in [-0.1, -0.05) is 50.6 Å². The van der Waals surface area contributed by atoms with Crippen molar-refractivity contribution >= 4 is 17.3 Å². The van der Waals surface area contributed by atoms with Gasteiger partial charge in [-0.15, -0.1) is 0 Å². The maximum Gasteiger partial charge on any atom is 0.0410 e. The van der Waals surface area contributed by atoms with E-state index in [1.165, 1.54) is 49.8 Å². The van der Waals surface area contributed by atoms with Crippen LogP contribution < -0.4 is 5.32 Å². The molecule has 0 aliphatic rings. The molecule has 0 aromatic heterocycles. The van der Waals surface area contributed by atoms with Crippen LogP contribution in [0.4, 0.5) is 5.69 Å². The Kier molecular flexibility index (Phi) is 7.19. The number of hydrogen-bond acceptors (Lipinski definition) is 1. The predicted octanol–water partition coefficient (Wildman–Crippen LogP) is 5.81. The normalized spacial score (nSPS) is 12.4.